The number of carbonyl (C=O) groups is 3. The van der Waals surface area contributed by atoms with Crippen LogP contribution in [0.15, 0.2) is 24.3 Å². The van der Waals surface area contributed by atoms with Gasteiger partial charge in [-0.3, -0.25) is 15.0 Å². The number of imide groups is 1. The Bertz CT molecular complexity index is 2010. The first kappa shape index (κ1) is 34.0. The molecule has 6 aliphatic rings. The fourth-order valence-corrected chi connectivity index (χ4v) is 9.40. The van der Waals surface area contributed by atoms with E-state index in [1.54, 1.807) is 17.0 Å². The molecule has 2 N–H and O–H groups in total. The normalized spacial score (nSPS) is 26.8. The van der Waals surface area contributed by atoms with Crippen molar-refractivity contribution in [2.24, 2.45) is 0 Å². The summed E-state index contributed by atoms with van der Waals surface area (Å²) in [4.78, 5) is 56.1. The molecule has 13 nitrogen and oxygen atoms in total. The minimum atomic E-state index is -1.06. The Morgan fingerprint density at radius 1 is 1.04 bits per heavy atom. The highest BCUT2D eigenvalue weighted by atomic mass is 19.1. The van der Waals surface area contributed by atoms with Gasteiger partial charge < -0.3 is 29.5 Å². The Labute approximate surface area is 306 Å². The zero-order valence-corrected chi connectivity index (χ0v) is 29.9. The number of hydrogen-bond donors (Lipinski definition) is 2. The van der Waals surface area contributed by atoms with Gasteiger partial charge in [0.25, 0.3) is 5.91 Å². The number of urea groups is 1. The van der Waals surface area contributed by atoms with Gasteiger partial charge in [-0.05, 0) is 74.6 Å². The average Bonchev–Trinajstić information content (AvgIpc) is 3.73. The number of hydrogen-bond acceptors (Lipinski definition) is 10. The summed E-state index contributed by atoms with van der Waals surface area (Å²) in [5.74, 6) is 0.389. The van der Waals surface area contributed by atoms with Crippen LogP contribution in [0.3, 0.4) is 0 Å². The van der Waals surface area contributed by atoms with Crippen molar-refractivity contribution in [2.45, 2.75) is 82.1 Å². The minimum absolute atomic E-state index is 0.172. The van der Waals surface area contributed by atoms with E-state index in [-0.39, 0.29) is 30.9 Å². The van der Waals surface area contributed by atoms with Gasteiger partial charge in [0, 0.05) is 61.8 Å². The number of nitrogens with zero attached hydrogens (tertiary/aromatic N) is 6. The molecular formula is C38H44F2N8O5. The summed E-state index contributed by atoms with van der Waals surface area (Å²) >= 11 is 0. The molecule has 0 saturated carbocycles. The lowest BCUT2D eigenvalue weighted by Gasteiger charge is -2.40. The molecule has 0 radical (unpaired) electrons. The predicted molar refractivity (Wildman–Crippen MR) is 192 cm³/mol. The highest BCUT2D eigenvalue weighted by molar-refractivity contribution is 6.07. The summed E-state index contributed by atoms with van der Waals surface area (Å²) in [5, 5.41) is 6.79. The SMILES string of the molecule is CCc1c(F)ccc2cc(OC(=O)N3CCC3)cc(N3CCc4c(nc(OC[C@@]56CCCN5C[C@H](F)C6)nc4N4CCC[C@]5(C4)NC(=O)NC5=O)C3)c12. The molecule has 53 heavy (non-hydrogen) atoms. The molecule has 2 aromatic carbocycles. The lowest BCUT2D eigenvalue weighted by Crippen LogP contribution is -2.59. The maximum absolute atomic E-state index is 15.4. The molecule has 15 heteroatoms. The smallest absolute Gasteiger partial charge is 0.415 e. The van der Waals surface area contributed by atoms with E-state index in [1.165, 1.54) is 6.07 Å². The van der Waals surface area contributed by atoms with Gasteiger partial charge in [-0.15, -0.1) is 0 Å². The number of alkyl halides is 1. The topological polar surface area (TPSA) is 132 Å². The molecule has 3 atom stereocenters. The van der Waals surface area contributed by atoms with Gasteiger partial charge in [0.15, 0.2) is 0 Å². The third-order valence-electron chi connectivity index (χ3n) is 12.2. The largest absolute Gasteiger partial charge is 0.461 e. The molecule has 9 rings (SSSR count). The van der Waals surface area contributed by atoms with Gasteiger partial charge >= 0.3 is 18.1 Å². The van der Waals surface area contributed by atoms with Crippen molar-refractivity contribution in [3.8, 4) is 11.8 Å². The van der Waals surface area contributed by atoms with E-state index in [0.29, 0.717) is 88.5 Å². The number of benzene rings is 2. The fourth-order valence-electron chi connectivity index (χ4n) is 9.40. The number of anilines is 2. The molecule has 5 fully saturated rings. The Morgan fingerprint density at radius 2 is 1.89 bits per heavy atom. The van der Waals surface area contributed by atoms with E-state index in [1.807, 2.05) is 17.9 Å². The van der Waals surface area contributed by atoms with Crippen molar-refractivity contribution in [1.29, 1.82) is 0 Å². The number of ether oxygens (including phenoxy) is 2. The van der Waals surface area contributed by atoms with Crippen LogP contribution in [0.2, 0.25) is 0 Å². The Balaban J connectivity index is 1.09. The first-order chi connectivity index (χ1) is 25.6. The van der Waals surface area contributed by atoms with Gasteiger partial charge in [-0.2, -0.15) is 9.97 Å². The van der Waals surface area contributed by atoms with E-state index < -0.39 is 29.4 Å². The zero-order chi connectivity index (χ0) is 36.5. The molecule has 4 amide bonds. The minimum Gasteiger partial charge on any atom is -0.461 e. The lowest BCUT2D eigenvalue weighted by atomic mass is 9.88. The van der Waals surface area contributed by atoms with Crippen molar-refractivity contribution in [3.05, 3.63) is 46.9 Å². The second kappa shape index (κ2) is 13.0. The van der Waals surface area contributed by atoms with Crippen molar-refractivity contribution in [1.82, 2.24) is 30.4 Å². The number of fused-ring (bicyclic) bond motifs is 3. The summed E-state index contributed by atoms with van der Waals surface area (Å²) in [7, 11) is 0. The van der Waals surface area contributed by atoms with Gasteiger partial charge in [0.2, 0.25) is 0 Å². The van der Waals surface area contributed by atoms with Crippen LogP contribution in [-0.4, -0.2) is 107 Å². The summed E-state index contributed by atoms with van der Waals surface area (Å²) in [6.45, 7) is 6.45. The third kappa shape index (κ3) is 5.87. The number of amides is 4. The van der Waals surface area contributed by atoms with Crippen LogP contribution >= 0.6 is 0 Å². The number of nitrogens with one attached hydrogen (secondary N) is 2. The number of carbonyl (C=O) groups excluding carboxylic acids is 3. The number of halogens is 2. The van der Waals surface area contributed by atoms with Crippen LogP contribution < -0.4 is 29.9 Å². The van der Waals surface area contributed by atoms with Crippen molar-refractivity contribution in [3.63, 3.8) is 0 Å². The van der Waals surface area contributed by atoms with Crippen molar-refractivity contribution >= 4 is 40.3 Å². The van der Waals surface area contributed by atoms with Crippen LogP contribution in [0.25, 0.3) is 10.8 Å². The molecule has 1 spiro atoms. The average molecular weight is 731 g/mol. The van der Waals surface area contributed by atoms with E-state index in [2.05, 4.69) is 20.4 Å². The molecule has 5 saturated heterocycles. The molecule has 0 aliphatic carbocycles. The van der Waals surface area contributed by atoms with E-state index >= 15 is 4.39 Å². The Kier molecular flexibility index (Phi) is 8.31. The summed E-state index contributed by atoms with van der Waals surface area (Å²) < 4.78 is 42.3. The van der Waals surface area contributed by atoms with Crippen molar-refractivity contribution < 1.29 is 32.6 Å². The molecule has 280 valence electrons. The first-order valence-electron chi connectivity index (χ1n) is 18.9. The van der Waals surface area contributed by atoms with Crippen LogP contribution in [0.1, 0.15) is 62.3 Å². The second-order valence-electron chi connectivity index (χ2n) is 15.4. The fraction of sp³-hybridized carbons (Fsp3) is 0.553. The van der Waals surface area contributed by atoms with Gasteiger partial charge in [-0.25, -0.2) is 18.4 Å². The quantitative estimate of drug-likeness (QED) is 0.341. The van der Waals surface area contributed by atoms with E-state index in [9.17, 15) is 18.8 Å². The van der Waals surface area contributed by atoms with E-state index in [4.69, 9.17) is 19.4 Å². The number of aromatic nitrogens is 2. The molecule has 1 aromatic heterocycles. The van der Waals surface area contributed by atoms with Crippen LogP contribution in [-0.2, 0) is 24.2 Å². The number of rotatable bonds is 7. The summed E-state index contributed by atoms with van der Waals surface area (Å²) in [5.41, 5.74) is 1.48. The molecule has 3 aromatic rings. The summed E-state index contributed by atoms with van der Waals surface area (Å²) in [6, 6.07) is 6.46. The standard InChI is InChI=1S/C38H44F2N8O5/c1-2-26-28(40)7-6-23-16-25(53-36(51)45-12-5-13-45)17-30(31(23)26)46-15-8-27-29(20-46)41-35(52-22-37-9-3-14-48(37)19-24(39)18-37)42-32(27)47-11-4-10-38(21-47)33(49)43-34(50)44-38/h6-7,16-17,24H,2-5,8-15,18-22H2,1H3,(H2,43,44,49,50)/t24-,37+,38-/m1/s1. The highest BCUT2D eigenvalue weighted by Crippen LogP contribution is 2.42. The van der Waals surface area contributed by atoms with Gasteiger partial charge in [0.1, 0.15) is 35.7 Å². The molecule has 7 heterocycles. The lowest BCUT2D eigenvalue weighted by molar-refractivity contribution is -0.124. The summed E-state index contributed by atoms with van der Waals surface area (Å²) in [6.07, 6.45) is 4.02. The number of likely N-dealkylation sites (tertiary alicyclic amines) is 1. The van der Waals surface area contributed by atoms with Gasteiger partial charge in [-0.1, -0.05) is 13.0 Å². The van der Waals surface area contributed by atoms with Crippen molar-refractivity contribution in [2.75, 3.05) is 62.2 Å². The van der Waals surface area contributed by atoms with Gasteiger partial charge in [0.05, 0.1) is 24.3 Å². The maximum Gasteiger partial charge on any atom is 0.415 e. The Morgan fingerprint density at radius 3 is 2.66 bits per heavy atom. The monoisotopic (exact) mass is 730 g/mol. The zero-order valence-electron chi connectivity index (χ0n) is 29.9. The maximum atomic E-state index is 15.4. The molecule has 0 bridgehead atoms. The Hall–Kier alpha value is -4.79. The third-order valence-corrected chi connectivity index (χ3v) is 12.2. The first-order valence-corrected chi connectivity index (χ1v) is 18.9. The highest BCUT2D eigenvalue weighted by Gasteiger charge is 2.51. The van der Waals surface area contributed by atoms with E-state index in [0.717, 1.165) is 53.5 Å². The van der Waals surface area contributed by atoms with Crippen LogP contribution in [0.4, 0.5) is 29.9 Å². The van der Waals surface area contributed by atoms with Crippen LogP contribution in [0, 0.1) is 5.82 Å². The second-order valence-corrected chi connectivity index (χ2v) is 15.4. The van der Waals surface area contributed by atoms with Crippen LogP contribution in [0.5, 0.6) is 11.8 Å². The predicted octanol–water partition coefficient (Wildman–Crippen LogP) is 4.23. The molecule has 6 aliphatic heterocycles. The molecule has 0 unspecified atom stereocenters. The number of piperidine rings is 1. The molecular weight excluding hydrogens is 686 g/mol. The number of aryl methyl sites for hydroxylation is 1.